The Morgan fingerprint density at radius 3 is 3.24 bits per heavy atom. The molecule has 2 rings (SSSR count). The van der Waals surface area contributed by atoms with Crippen LogP contribution in [-0.4, -0.2) is 28.2 Å². The van der Waals surface area contributed by atoms with Gasteiger partial charge in [0, 0.05) is 24.9 Å². The lowest BCUT2D eigenvalue weighted by Gasteiger charge is -2.03. The molecular weight excluding hydrogens is 254 g/mol. The van der Waals surface area contributed by atoms with Crippen LogP contribution in [0, 0.1) is 0 Å². The molecule has 0 radical (unpaired) electrons. The molecule has 2 N–H and O–H groups in total. The van der Waals surface area contributed by atoms with E-state index in [4.69, 9.17) is 0 Å². The average molecular weight is 267 g/mol. The number of aromatic amines is 1. The topological polar surface area (TPSA) is 57.8 Å². The van der Waals surface area contributed by atoms with Crippen LogP contribution in [0.3, 0.4) is 0 Å². The summed E-state index contributed by atoms with van der Waals surface area (Å²) in [5.41, 5.74) is 1.04. The third-order valence-corrected chi connectivity index (χ3v) is 4.24. The standard InChI is InChI=1S/C11H13N3OS2/c15-10(7-17-11-2-1-5-16-11)13-4-3-9-6-12-8-14-9/h1-2,5-6,8H,3-4,7H2,(H,12,14)(H,13,15). The van der Waals surface area contributed by atoms with E-state index in [2.05, 4.69) is 15.3 Å². The third kappa shape index (κ3) is 4.24. The number of H-pyrrole nitrogens is 1. The summed E-state index contributed by atoms with van der Waals surface area (Å²) in [6.45, 7) is 0.645. The number of nitrogens with zero attached hydrogens (tertiary/aromatic N) is 1. The zero-order valence-corrected chi connectivity index (χ0v) is 10.8. The molecule has 0 aliphatic heterocycles. The summed E-state index contributed by atoms with van der Waals surface area (Å²) >= 11 is 3.23. The first-order chi connectivity index (χ1) is 8.34. The number of thioether (sulfide) groups is 1. The van der Waals surface area contributed by atoms with Crippen LogP contribution in [-0.2, 0) is 11.2 Å². The molecular formula is C11H13N3OS2. The number of rotatable bonds is 6. The van der Waals surface area contributed by atoms with Gasteiger partial charge < -0.3 is 10.3 Å². The van der Waals surface area contributed by atoms with E-state index < -0.39 is 0 Å². The number of hydrogen-bond acceptors (Lipinski definition) is 4. The predicted molar refractivity (Wildman–Crippen MR) is 70.3 cm³/mol. The van der Waals surface area contributed by atoms with Gasteiger partial charge in [0.2, 0.25) is 5.91 Å². The van der Waals surface area contributed by atoms with Gasteiger partial charge in [0.25, 0.3) is 0 Å². The van der Waals surface area contributed by atoms with Gasteiger partial charge in [-0.05, 0) is 11.4 Å². The molecule has 0 aliphatic rings. The Morgan fingerprint density at radius 1 is 1.59 bits per heavy atom. The van der Waals surface area contributed by atoms with Crippen LogP contribution in [0.1, 0.15) is 5.69 Å². The van der Waals surface area contributed by atoms with Crippen molar-refractivity contribution in [2.24, 2.45) is 0 Å². The Morgan fingerprint density at radius 2 is 2.53 bits per heavy atom. The van der Waals surface area contributed by atoms with Crippen molar-refractivity contribution in [2.45, 2.75) is 10.6 Å². The molecule has 0 fully saturated rings. The molecule has 0 spiro atoms. The SMILES string of the molecule is O=C(CSc1cccs1)NCCc1cnc[nH]1. The maximum absolute atomic E-state index is 11.5. The van der Waals surface area contributed by atoms with Crippen molar-refractivity contribution in [3.8, 4) is 0 Å². The number of carbonyl (C=O) groups is 1. The highest BCUT2D eigenvalue weighted by Gasteiger charge is 2.03. The van der Waals surface area contributed by atoms with Crippen LogP contribution in [0.15, 0.2) is 34.2 Å². The molecule has 90 valence electrons. The van der Waals surface area contributed by atoms with Gasteiger partial charge in [0.05, 0.1) is 16.3 Å². The van der Waals surface area contributed by atoms with Crippen LogP contribution in [0.5, 0.6) is 0 Å². The van der Waals surface area contributed by atoms with Crippen molar-refractivity contribution < 1.29 is 4.79 Å². The Kier molecular flexibility index (Phi) is 4.63. The zero-order valence-electron chi connectivity index (χ0n) is 9.18. The molecule has 17 heavy (non-hydrogen) atoms. The number of aromatic nitrogens is 2. The number of carbonyl (C=O) groups excluding carboxylic acids is 1. The van der Waals surface area contributed by atoms with Crippen LogP contribution >= 0.6 is 23.1 Å². The molecule has 0 saturated carbocycles. The van der Waals surface area contributed by atoms with Gasteiger partial charge in [-0.1, -0.05) is 6.07 Å². The molecule has 0 aliphatic carbocycles. The molecule has 0 saturated heterocycles. The molecule has 6 heteroatoms. The minimum atomic E-state index is 0.0721. The molecule has 2 aromatic rings. The van der Waals surface area contributed by atoms with Crippen LogP contribution in [0.2, 0.25) is 0 Å². The molecule has 1 amide bonds. The van der Waals surface area contributed by atoms with Gasteiger partial charge in [0.1, 0.15) is 0 Å². The fourth-order valence-corrected chi connectivity index (χ4v) is 2.91. The first kappa shape index (κ1) is 12.2. The minimum absolute atomic E-state index is 0.0721. The summed E-state index contributed by atoms with van der Waals surface area (Å²) in [4.78, 5) is 18.4. The van der Waals surface area contributed by atoms with Crippen LogP contribution in [0.25, 0.3) is 0 Å². The fourth-order valence-electron chi connectivity index (χ4n) is 1.29. The quantitative estimate of drug-likeness (QED) is 0.786. The zero-order chi connectivity index (χ0) is 11.9. The maximum atomic E-state index is 11.5. The van der Waals surface area contributed by atoms with Crippen LogP contribution in [0.4, 0.5) is 0 Å². The third-order valence-electron chi connectivity index (χ3n) is 2.11. The second-order valence-corrected chi connectivity index (χ2v) is 5.62. The van der Waals surface area contributed by atoms with Gasteiger partial charge in [-0.2, -0.15) is 0 Å². The van der Waals surface area contributed by atoms with Gasteiger partial charge in [0.15, 0.2) is 0 Å². The number of amides is 1. The van der Waals surface area contributed by atoms with Gasteiger partial charge in [-0.15, -0.1) is 23.1 Å². The second kappa shape index (κ2) is 6.46. The molecule has 2 heterocycles. The Bertz CT molecular complexity index is 439. The first-order valence-electron chi connectivity index (χ1n) is 5.25. The van der Waals surface area contributed by atoms with Gasteiger partial charge >= 0.3 is 0 Å². The van der Waals surface area contributed by atoms with Crippen molar-refractivity contribution in [1.29, 1.82) is 0 Å². The average Bonchev–Trinajstić information content (AvgIpc) is 2.99. The monoisotopic (exact) mass is 267 g/mol. The summed E-state index contributed by atoms with van der Waals surface area (Å²) < 4.78 is 1.17. The molecule has 0 bridgehead atoms. The summed E-state index contributed by atoms with van der Waals surface area (Å²) in [5, 5.41) is 4.89. The van der Waals surface area contributed by atoms with Crippen molar-refractivity contribution in [1.82, 2.24) is 15.3 Å². The Hall–Kier alpha value is -1.27. The second-order valence-electron chi connectivity index (χ2n) is 3.40. The summed E-state index contributed by atoms with van der Waals surface area (Å²) in [5.74, 6) is 0.548. The number of nitrogens with one attached hydrogen (secondary N) is 2. The molecule has 4 nitrogen and oxygen atoms in total. The molecule has 0 unspecified atom stereocenters. The van der Waals surface area contributed by atoms with Crippen molar-refractivity contribution in [3.63, 3.8) is 0 Å². The smallest absolute Gasteiger partial charge is 0.230 e. The summed E-state index contributed by atoms with van der Waals surface area (Å²) in [6, 6.07) is 4.01. The van der Waals surface area contributed by atoms with Crippen molar-refractivity contribution >= 4 is 29.0 Å². The van der Waals surface area contributed by atoms with E-state index in [9.17, 15) is 4.79 Å². The lowest BCUT2D eigenvalue weighted by atomic mass is 10.3. The lowest BCUT2D eigenvalue weighted by Crippen LogP contribution is -2.27. The molecule has 0 aromatic carbocycles. The largest absolute Gasteiger partial charge is 0.355 e. The van der Waals surface area contributed by atoms with E-state index in [0.717, 1.165) is 12.1 Å². The van der Waals surface area contributed by atoms with E-state index in [1.54, 1.807) is 35.6 Å². The Labute approximate surface area is 108 Å². The fraction of sp³-hybridized carbons (Fsp3) is 0.273. The van der Waals surface area contributed by atoms with Crippen LogP contribution < -0.4 is 5.32 Å². The number of thiophene rings is 1. The highest BCUT2D eigenvalue weighted by Crippen LogP contribution is 2.22. The van der Waals surface area contributed by atoms with Gasteiger partial charge in [-0.3, -0.25) is 4.79 Å². The number of hydrogen-bond donors (Lipinski definition) is 2. The van der Waals surface area contributed by atoms with E-state index in [-0.39, 0.29) is 5.91 Å². The Balaban J connectivity index is 1.61. The van der Waals surface area contributed by atoms with E-state index in [1.165, 1.54) is 4.21 Å². The lowest BCUT2D eigenvalue weighted by molar-refractivity contribution is -0.118. The van der Waals surface area contributed by atoms with Crippen molar-refractivity contribution in [3.05, 3.63) is 35.7 Å². The summed E-state index contributed by atoms with van der Waals surface area (Å²) in [7, 11) is 0. The molecule has 2 aromatic heterocycles. The minimum Gasteiger partial charge on any atom is -0.355 e. The number of imidazole rings is 1. The van der Waals surface area contributed by atoms with E-state index in [1.807, 2.05) is 17.5 Å². The van der Waals surface area contributed by atoms with E-state index >= 15 is 0 Å². The highest BCUT2D eigenvalue weighted by atomic mass is 32.2. The van der Waals surface area contributed by atoms with Gasteiger partial charge in [-0.25, -0.2) is 4.98 Å². The maximum Gasteiger partial charge on any atom is 0.230 e. The highest BCUT2D eigenvalue weighted by molar-refractivity contribution is 8.01. The molecule has 0 atom stereocenters. The normalized spacial score (nSPS) is 10.4. The van der Waals surface area contributed by atoms with Crippen molar-refractivity contribution in [2.75, 3.05) is 12.3 Å². The first-order valence-corrected chi connectivity index (χ1v) is 7.11. The summed E-state index contributed by atoms with van der Waals surface area (Å²) in [6.07, 6.45) is 4.20. The van der Waals surface area contributed by atoms with E-state index in [0.29, 0.717) is 12.3 Å². The predicted octanol–water partition coefficient (Wildman–Crippen LogP) is 1.92.